The predicted octanol–water partition coefficient (Wildman–Crippen LogP) is 2.32. The van der Waals surface area contributed by atoms with Crippen LogP contribution in [0.5, 0.6) is 0 Å². The highest BCUT2D eigenvalue weighted by molar-refractivity contribution is 5.35. The van der Waals surface area contributed by atoms with Gasteiger partial charge >= 0.3 is 0 Å². The van der Waals surface area contributed by atoms with Gasteiger partial charge in [-0.3, -0.25) is 0 Å². The molecule has 0 bridgehead atoms. The summed E-state index contributed by atoms with van der Waals surface area (Å²) in [5.74, 6) is -1.26. The van der Waals surface area contributed by atoms with Gasteiger partial charge in [-0.1, -0.05) is 12.8 Å². The van der Waals surface area contributed by atoms with Gasteiger partial charge in [-0.05, 0) is 12.8 Å². The largest absolute Gasteiger partial charge is 0.396 e. The SMILES string of the molecule is OCCCCCCNc1ncc(F)cc1F. The van der Waals surface area contributed by atoms with Crippen molar-refractivity contribution in [2.45, 2.75) is 25.7 Å². The summed E-state index contributed by atoms with van der Waals surface area (Å²) in [6.45, 7) is 0.808. The number of halogens is 2. The third-order valence-corrected chi connectivity index (χ3v) is 2.19. The van der Waals surface area contributed by atoms with Crippen molar-refractivity contribution in [1.82, 2.24) is 4.98 Å². The Hall–Kier alpha value is -1.23. The van der Waals surface area contributed by atoms with E-state index in [9.17, 15) is 8.78 Å². The predicted molar refractivity (Wildman–Crippen MR) is 58.2 cm³/mol. The molecule has 16 heavy (non-hydrogen) atoms. The van der Waals surface area contributed by atoms with Gasteiger partial charge < -0.3 is 10.4 Å². The van der Waals surface area contributed by atoms with Crippen LogP contribution in [0.25, 0.3) is 0 Å². The molecule has 1 rings (SSSR count). The fraction of sp³-hybridized carbons (Fsp3) is 0.545. The highest BCUT2D eigenvalue weighted by atomic mass is 19.1. The molecule has 0 saturated carbocycles. The van der Waals surface area contributed by atoms with Crippen LogP contribution in [0.3, 0.4) is 0 Å². The number of aliphatic hydroxyl groups is 1. The Balaban J connectivity index is 2.21. The molecule has 2 N–H and O–H groups in total. The molecule has 0 atom stereocenters. The average molecular weight is 230 g/mol. The van der Waals surface area contributed by atoms with Gasteiger partial charge in [0.05, 0.1) is 6.20 Å². The highest BCUT2D eigenvalue weighted by Gasteiger charge is 2.03. The maximum absolute atomic E-state index is 13.1. The van der Waals surface area contributed by atoms with Crippen molar-refractivity contribution >= 4 is 5.82 Å². The van der Waals surface area contributed by atoms with Crippen LogP contribution in [0.15, 0.2) is 12.3 Å². The summed E-state index contributed by atoms with van der Waals surface area (Å²) in [6.07, 6.45) is 4.58. The normalized spacial score (nSPS) is 10.4. The van der Waals surface area contributed by atoms with Crippen LogP contribution in [0.1, 0.15) is 25.7 Å². The summed E-state index contributed by atoms with van der Waals surface area (Å²) in [7, 11) is 0. The van der Waals surface area contributed by atoms with Gasteiger partial charge in [-0.15, -0.1) is 0 Å². The molecule has 90 valence electrons. The van der Waals surface area contributed by atoms with Gasteiger partial charge in [0, 0.05) is 19.2 Å². The smallest absolute Gasteiger partial charge is 0.168 e. The molecular formula is C11H16F2N2O. The highest BCUT2D eigenvalue weighted by Crippen LogP contribution is 2.11. The van der Waals surface area contributed by atoms with Crippen molar-refractivity contribution in [3.63, 3.8) is 0 Å². The average Bonchev–Trinajstić information content (AvgIpc) is 2.26. The summed E-state index contributed by atoms with van der Waals surface area (Å²) < 4.78 is 25.6. The van der Waals surface area contributed by atoms with Gasteiger partial charge in [0.25, 0.3) is 0 Å². The Morgan fingerprint density at radius 2 is 1.94 bits per heavy atom. The standard InChI is InChI=1S/C11H16F2N2O/c12-9-7-10(13)11(15-8-9)14-5-3-1-2-4-6-16/h7-8,16H,1-6H2,(H,14,15). The molecule has 0 unspecified atom stereocenters. The van der Waals surface area contributed by atoms with Crippen molar-refractivity contribution in [1.29, 1.82) is 0 Å². The number of rotatable bonds is 7. The molecule has 0 aliphatic heterocycles. The van der Waals surface area contributed by atoms with Crippen LogP contribution in [-0.2, 0) is 0 Å². The Bertz CT molecular complexity index is 321. The van der Waals surface area contributed by atoms with Crippen LogP contribution in [-0.4, -0.2) is 23.2 Å². The van der Waals surface area contributed by atoms with E-state index in [1.165, 1.54) is 0 Å². The van der Waals surface area contributed by atoms with Gasteiger partial charge in [0.1, 0.15) is 5.82 Å². The van der Waals surface area contributed by atoms with Crippen molar-refractivity contribution in [2.75, 3.05) is 18.5 Å². The third-order valence-electron chi connectivity index (χ3n) is 2.19. The molecule has 0 aliphatic rings. The molecule has 0 aromatic carbocycles. The first kappa shape index (κ1) is 12.8. The third kappa shape index (κ3) is 4.53. The Kier molecular flexibility index (Phi) is 5.71. The number of unbranched alkanes of at least 4 members (excludes halogenated alkanes) is 3. The maximum Gasteiger partial charge on any atom is 0.168 e. The van der Waals surface area contributed by atoms with Crippen LogP contribution in [0, 0.1) is 11.6 Å². The minimum absolute atomic E-state index is 0.0866. The minimum Gasteiger partial charge on any atom is -0.396 e. The van der Waals surface area contributed by atoms with Gasteiger partial charge in [-0.2, -0.15) is 0 Å². The van der Waals surface area contributed by atoms with Crippen LogP contribution < -0.4 is 5.32 Å². The molecule has 0 aliphatic carbocycles. The molecule has 3 nitrogen and oxygen atoms in total. The second kappa shape index (κ2) is 7.11. The lowest BCUT2D eigenvalue weighted by Gasteiger charge is -2.05. The molecule has 0 radical (unpaired) electrons. The molecule has 0 amide bonds. The van der Waals surface area contributed by atoms with E-state index in [0.29, 0.717) is 6.54 Å². The summed E-state index contributed by atoms with van der Waals surface area (Å²) in [5, 5.41) is 11.4. The minimum atomic E-state index is -0.675. The van der Waals surface area contributed by atoms with Gasteiger partial charge in [-0.25, -0.2) is 13.8 Å². The Labute approximate surface area is 93.5 Å². The second-order valence-corrected chi connectivity index (χ2v) is 3.55. The van der Waals surface area contributed by atoms with Gasteiger partial charge in [0.15, 0.2) is 11.6 Å². The maximum atomic E-state index is 13.1. The van der Waals surface area contributed by atoms with E-state index in [2.05, 4.69) is 10.3 Å². The zero-order valence-corrected chi connectivity index (χ0v) is 9.05. The zero-order valence-electron chi connectivity index (χ0n) is 9.05. The molecule has 0 fully saturated rings. The van der Waals surface area contributed by atoms with E-state index < -0.39 is 11.6 Å². The number of nitrogens with one attached hydrogen (secondary N) is 1. The monoisotopic (exact) mass is 230 g/mol. The van der Waals surface area contributed by atoms with E-state index >= 15 is 0 Å². The molecule has 1 aromatic heterocycles. The zero-order chi connectivity index (χ0) is 11.8. The van der Waals surface area contributed by atoms with Crippen molar-refractivity contribution in [2.24, 2.45) is 0 Å². The second-order valence-electron chi connectivity index (χ2n) is 3.55. The van der Waals surface area contributed by atoms with E-state index in [1.807, 2.05) is 0 Å². The Morgan fingerprint density at radius 3 is 2.62 bits per heavy atom. The fourth-order valence-electron chi connectivity index (χ4n) is 1.34. The molecule has 1 heterocycles. The first-order chi connectivity index (χ1) is 7.74. The number of hydrogen-bond donors (Lipinski definition) is 2. The first-order valence-electron chi connectivity index (χ1n) is 5.40. The van der Waals surface area contributed by atoms with E-state index in [1.54, 1.807) is 0 Å². The van der Waals surface area contributed by atoms with Crippen LogP contribution >= 0.6 is 0 Å². The number of anilines is 1. The topological polar surface area (TPSA) is 45.1 Å². The van der Waals surface area contributed by atoms with Crippen molar-refractivity contribution in [3.05, 3.63) is 23.9 Å². The first-order valence-corrected chi connectivity index (χ1v) is 5.40. The summed E-state index contributed by atoms with van der Waals surface area (Å²) in [4.78, 5) is 3.61. The fourth-order valence-corrected chi connectivity index (χ4v) is 1.34. The van der Waals surface area contributed by atoms with E-state index in [0.717, 1.165) is 37.9 Å². The lowest BCUT2D eigenvalue weighted by molar-refractivity contribution is 0.283. The van der Waals surface area contributed by atoms with Crippen LogP contribution in [0.2, 0.25) is 0 Å². The summed E-state index contributed by atoms with van der Waals surface area (Å²) in [6, 6.07) is 0.807. The lowest BCUT2D eigenvalue weighted by Crippen LogP contribution is -2.05. The Morgan fingerprint density at radius 1 is 1.19 bits per heavy atom. The van der Waals surface area contributed by atoms with Crippen LogP contribution in [0.4, 0.5) is 14.6 Å². The number of aliphatic hydroxyl groups excluding tert-OH is 1. The molecular weight excluding hydrogens is 214 g/mol. The van der Waals surface area contributed by atoms with Crippen molar-refractivity contribution in [3.8, 4) is 0 Å². The summed E-state index contributed by atoms with van der Waals surface area (Å²) in [5.41, 5.74) is 0. The number of nitrogens with zero attached hydrogens (tertiary/aromatic N) is 1. The molecule has 0 spiro atoms. The van der Waals surface area contributed by atoms with E-state index in [-0.39, 0.29) is 12.4 Å². The number of aromatic nitrogens is 1. The molecule has 0 saturated heterocycles. The lowest BCUT2D eigenvalue weighted by atomic mass is 10.2. The quantitative estimate of drug-likeness (QED) is 0.706. The van der Waals surface area contributed by atoms with Crippen molar-refractivity contribution < 1.29 is 13.9 Å². The number of hydrogen-bond acceptors (Lipinski definition) is 3. The number of pyridine rings is 1. The van der Waals surface area contributed by atoms with Gasteiger partial charge in [0.2, 0.25) is 0 Å². The summed E-state index contributed by atoms with van der Waals surface area (Å²) >= 11 is 0. The molecule has 5 heteroatoms. The van der Waals surface area contributed by atoms with E-state index in [4.69, 9.17) is 5.11 Å². The molecule has 1 aromatic rings.